The first-order valence-electron chi connectivity index (χ1n) is 6.07. The van der Waals surface area contributed by atoms with E-state index >= 15 is 0 Å². The van der Waals surface area contributed by atoms with Crippen LogP contribution in [-0.4, -0.2) is 42.5 Å². The van der Waals surface area contributed by atoms with Gasteiger partial charge in [0, 0.05) is 32.7 Å². The van der Waals surface area contributed by atoms with E-state index in [1.807, 2.05) is 6.07 Å². The average molecular weight is 301 g/mol. The molecule has 0 N–H and O–H groups in total. The zero-order valence-electron chi connectivity index (χ0n) is 10.1. The standard InChI is InChI=1S/C13H18BrFN2/c1-2-16-5-7-17(8-6-16)10-11-3-4-12(14)13(15)9-11/h3-4,9H,2,5-8,10H2,1H3. The second-order valence-electron chi connectivity index (χ2n) is 4.46. The van der Waals surface area contributed by atoms with E-state index in [0.717, 1.165) is 44.8 Å². The van der Waals surface area contributed by atoms with E-state index in [4.69, 9.17) is 0 Å². The Labute approximate surface area is 111 Å². The first kappa shape index (κ1) is 13.0. The van der Waals surface area contributed by atoms with Crippen LogP contribution in [0, 0.1) is 5.82 Å². The fraction of sp³-hybridized carbons (Fsp3) is 0.538. The molecule has 0 unspecified atom stereocenters. The number of rotatable bonds is 3. The third-order valence-electron chi connectivity index (χ3n) is 3.30. The molecule has 0 radical (unpaired) electrons. The molecule has 1 aromatic carbocycles. The van der Waals surface area contributed by atoms with Crippen molar-refractivity contribution in [3.05, 3.63) is 34.1 Å². The van der Waals surface area contributed by atoms with Crippen LogP contribution in [0.5, 0.6) is 0 Å². The zero-order valence-corrected chi connectivity index (χ0v) is 11.7. The third-order valence-corrected chi connectivity index (χ3v) is 3.95. The fourth-order valence-corrected chi connectivity index (χ4v) is 2.41. The van der Waals surface area contributed by atoms with Gasteiger partial charge in [-0.3, -0.25) is 4.90 Å². The first-order valence-corrected chi connectivity index (χ1v) is 6.87. The van der Waals surface area contributed by atoms with Crippen molar-refractivity contribution in [1.29, 1.82) is 0 Å². The predicted molar refractivity (Wildman–Crippen MR) is 71.5 cm³/mol. The fourth-order valence-electron chi connectivity index (χ4n) is 2.16. The smallest absolute Gasteiger partial charge is 0.137 e. The first-order chi connectivity index (χ1) is 8.19. The molecule has 1 aliphatic rings. The van der Waals surface area contributed by atoms with E-state index in [1.54, 1.807) is 12.1 Å². The van der Waals surface area contributed by atoms with E-state index in [-0.39, 0.29) is 5.82 Å². The molecule has 4 heteroatoms. The van der Waals surface area contributed by atoms with Crippen LogP contribution in [0.25, 0.3) is 0 Å². The number of piperazine rings is 1. The summed E-state index contributed by atoms with van der Waals surface area (Å²) in [4.78, 5) is 4.83. The summed E-state index contributed by atoms with van der Waals surface area (Å²) in [5, 5.41) is 0. The molecule has 0 atom stereocenters. The van der Waals surface area contributed by atoms with Crippen LogP contribution in [0.2, 0.25) is 0 Å². The minimum absolute atomic E-state index is 0.172. The largest absolute Gasteiger partial charge is 0.301 e. The topological polar surface area (TPSA) is 6.48 Å². The SMILES string of the molecule is CCN1CCN(Cc2ccc(Br)c(F)c2)CC1. The molecule has 1 aliphatic heterocycles. The molecule has 1 aromatic rings. The van der Waals surface area contributed by atoms with Crippen molar-refractivity contribution in [1.82, 2.24) is 9.80 Å². The normalized spacial score (nSPS) is 18.5. The molecule has 1 saturated heterocycles. The van der Waals surface area contributed by atoms with Gasteiger partial charge in [0.15, 0.2) is 0 Å². The molecular formula is C13H18BrFN2. The van der Waals surface area contributed by atoms with Gasteiger partial charge in [-0.2, -0.15) is 0 Å². The van der Waals surface area contributed by atoms with Crippen molar-refractivity contribution >= 4 is 15.9 Å². The predicted octanol–water partition coefficient (Wildman–Crippen LogP) is 2.73. The van der Waals surface area contributed by atoms with Gasteiger partial charge in [-0.1, -0.05) is 13.0 Å². The second-order valence-corrected chi connectivity index (χ2v) is 5.31. The Hall–Kier alpha value is -0.450. The number of likely N-dealkylation sites (N-methyl/N-ethyl adjacent to an activating group) is 1. The summed E-state index contributed by atoms with van der Waals surface area (Å²) in [5.74, 6) is -0.172. The molecule has 17 heavy (non-hydrogen) atoms. The van der Waals surface area contributed by atoms with Crippen molar-refractivity contribution in [3.8, 4) is 0 Å². The number of halogens is 2. The van der Waals surface area contributed by atoms with E-state index in [9.17, 15) is 4.39 Å². The molecule has 0 aliphatic carbocycles. The lowest BCUT2D eigenvalue weighted by Gasteiger charge is -2.34. The molecule has 0 amide bonds. The van der Waals surface area contributed by atoms with Gasteiger partial charge in [0.1, 0.15) is 5.82 Å². The highest BCUT2D eigenvalue weighted by atomic mass is 79.9. The lowest BCUT2D eigenvalue weighted by molar-refractivity contribution is 0.132. The van der Waals surface area contributed by atoms with Crippen molar-refractivity contribution in [2.24, 2.45) is 0 Å². The van der Waals surface area contributed by atoms with Gasteiger partial charge in [-0.05, 0) is 40.2 Å². The summed E-state index contributed by atoms with van der Waals surface area (Å²) < 4.78 is 13.9. The maximum absolute atomic E-state index is 13.4. The van der Waals surface area contributed by atoms with Crippen molar-refractivity contribution < 1.29 is 4.39 Å². The van der Waals surface area contributed by atoms with Crippen LogP contribution < -0.4 is 0 Å². The summed E-state index contributed by atoms with van der Waals surface area (Å²) in [6.07, 6.45) is 0. The van der Waals surface area contributed by atoms with E-state index < -0.39 is 0 Å². The Bertz CT molecular complexity index is 376. The maximum Gasteiger partial charge on any atom is 0.137 e. The molecular weight excluding hydrogens is 283 g/mol. The van der Waals surface area contributed by atoms with Crippen LogP contribution in [-0.2, 0) is 6.54 Å². The molecule has 1 fully saturated rings. The Morgan fingerprint density at radius 1 is 1.18 bits per heavy atom. The van der Waals surface area contributed by atoms with Gasteiger partial charge < -0.3 is 4.90 Å². The number of nitrogens with zero attached hydrogens (tertiary/aromatic N) is 2. The van der Waals surface area contributed by atoms with Crippen LogP contribution in [0.15, 0.2) is 22.7 Å². The van der Waals surface area contributed by atoms with Gasteiger partial charge in [-0.25, -0.2) is 4.39 Å². The van der Waals surface area contributed by atoms with Gasteiger partial charge in [0.05, 0.1) is 4.47 Å². The molecule has 0 bridgehead atoms. The molecule has 2 nitrogen and oxygen atoms in total. The summed E-state index contributed by atoms with van der Waals surface area (Å²) in [6.45, 7) is 8.56. The zero-order chi connectivity index (χ0) is 12.3. The number of hydrogen-bond acceptors (Lipinski definition) is 2. The van der Waals surface area contributed by atoms with E-state index in [2.05, 4.69) is 32.7 Å². The van der Waals surface area contributed by atoms with Gasteiger partial charge in [-0.15, -0.1) is 0 Å². The van der Waals surface area contributed by atoms with Crippen molar-refractivity contribution in [2.45, 2.75) is 13.5 Å². The van der Waals surface area contributed by atoms with Gasteiger partial charge in [0.2, 0.25) is 0 Å². The molecule has 0 spiro atoms. The number of benzene rings is 1. The monoisotopic (exact) mass is 300 g/mol. The molecule has 0 saturated carbocycles. The second kappa shape index (κ2) is 5.94. The minimum atomic E-state index is -0.172. The Kier molecular flexibility index (Phi) is 4.54. The Morgan fingerprint density at radius 2 is 1.82 bits per heavy atom. The average Bonchev–Trinajstić information content (AvgIpc) is 2.35. The number of hydrogen-bond donors (Lipinski definition) is 0. The minimum Gasteiger partial charge on any atom is -0.301 e. The van der Waals surface area contributed by atoms with Crippen molar-refractivity contribution in [2.75, 3.05) is 32.7 Å². The van der Waals surface area contributed by atoms with Crippen LogP contribution in [0.1, 0.15) is 12.5 Å². The lowest BCUT2D eigenvalue weighted by Crippen LogP contribution is -2.45. The van der Waals surface area contributed by atoms with E-state index in [1.165, 1.54) is 0 Å². The summed E-state index contributed by atoms with van der Waals surface area (Å²) in [7, 11) is 0. The van der Waals surface area contributed by atoms with Crippen LogP contribution in [0.3, 0.4) is 0 Å². The maximum atomic E-state index is 13.4. The summed E-state index contributed by atoms with van der Waals surface area (Å²) in [6, 6.07) is 5.39. The molecule has 2 rings (SSSR count). The van der Waals surface area contributed by atoms with Crippen LogP contribution >= 0.6 is 15.9 Å². The molecule has 94 valence electrons. The molecule has 1 heterocycles. The van der Waals surface area contributed by atoms with Gasteiger partial charge >= 0.3 is 0 Å². The molecule has 0 aromatic heterocycles. The summed E-state index contributed by atoms with van der Waals surface area (Å²) >= 11 is 3.18. The Morgan fingerprint density at radius 3 is 2.41 bits per heavy atom. The highest BCUT2D eigenvalue weighted by Gasteiger charge is 2.15. The van der Waals surface area contributed by atoms with Crippen LogP contribution in [0.4, 0.5) is 4.39 Å². The van der Waals surface area contributed by atoms with Gasteiger partial charge in [0.25, 0.3) is 0 Å². The highest BCUT2D eigenvalue weighted by molar-refractivity contribution is 9.10. The lowest BCUT2D eigenvalue weighted by atomic mass is 10.2. The Balaban J connectivity index is 1.91. The third kappa shape index (κ3) is 3.50. The highest BCUT2D eigenvalue weighted by Crippen LogP contribution is 2.17. The van der Waals surface area contributed by atoms with E-state index in [0.29, 0.717) is 4.47 Å². The summed E-state index contributed by atoms with van der Waals surface area (Å²) in [5.41, 5.74) is 1.05. The quantitative estimate of drug-likeness (QED) is 0.847. The van der Waals surface area contributed by atoms with Crippen molar-refractivity contribution in [3.63, 3.8) is 0 Å².